The molecule has 2 heterocycles. The number of carbonyl (C=O) groups excluding carboxylic acids is 1. The van der Waals surface area contributed by atoms with E-state index in [9.17, 15) is 9.59 Å². The first-order chi connectivity index (χ1) is 14.6. The van der Waals surface area contributed by atoms with Crippen molar-refractivity contribution in [1.29, 1.82) is 0 Å². The van der Waals surface area contributed by atoms with Crippen molar-refractivity contribution in [3.05, 3.63) is 81.6 Å². The number of nitrogens with one attached hydrogen (secondary N) is 1. The van der Waals surface area contributed by atoms with Crippen LogP contribution in [0.1, 0.15) is 15.9 Å². The van der Waals surface area contributed by atoms with Crippen LogP contribution in [0, 0.1) is 0 Å². The molecule has 1 amide bonds. The van der Waals surface area contributed by atoms with Crippen molar-refractivity contribution in [2.24, 2.45) is 0 Å². The zero-order valence-corrected chi connectivity index (χ0v) is 17.2. The Hall–Kier alpha value is -3.65. The van der Waals surface area contributed by atoms with Crippen LogP contribution in [0.4, 0.5) is 0 Å². The first kappa shape index (κ1) is 19.7. The lowest BCUT2D eigenvalue weighted by atomic mass is 10.1. The minimum absolute atomic E-state index is 0.0106. The molecular weight excluding hydrogens is 402 g/mol. The molecule has 0 aliphatic heterocycles. The standard InChI is InChI=1S/C22H19N3O4S/c1-28-16-8-6-14(7-9-16)11-23-20(26)18-12-24-22-25(21(18)27)19(13-30-22)15-4-3-5-17(10-15)29-2/h3-10,12-13H,11H2,1-2H3,(H,23,26). The van der Waals surface area contributed by atoms with E-state index in [0.717, 1.165) is 16.9 Å². The summed E-state index contributed by atoms with van der Waals surface area (Å²) in [5.41, 5.74) is 1.94. The molecule has 2 aromatic heterocycles. The summed E-state index contributed by atoms with van der Waals surface area (Å²) in [6.07, 6.45) is 1.33. The Morgan fingerprint density at radius 2 is 1.87 bits per heavy atom. The number of carbonyl (C=O) groups is 1. The van der Waals surface area contributed by atoms with Crippen LogP contribution >= 0.6 is 11.3 Å². The van der Waals surface area contributed by atoms with Crippen LogP contribution in [-0.2, 0) is 6.54 Å². The number of ether oxygens (including phenoxy) is 2. The molecule has 0 fully saturated rings. The van der Waals surface area contributed by atoms with Crippen molar-refractivity contribution in [2.75, 3.05) is 14.2 Å². The van der Waals surface area contributed by atoms with Gasteiger partial charge in [-0.1, -0.05) is 24.3 Å². The highest BCUT2D eigenvalue weighted by Crippen LogP contribution is 2.26. The van der Waals surface area contributed by atoms with Gasteiger partial charge in [0.1, 0.15) is 17.1 Å². The second-order valence-electron chi connectivity index (χ2n) is 6.48. The van der Waals surface area contributed by atoms with Crippen LogP contribution < -0.4 is 20.3 Å². The van der Waals surface area contributed by atoms with Crippen molar-refractivity contribution in [3.63, 3.8) is 0 Å². The summed E-state index contributed by atoms with van der Waals surface area (Å²) < 4.78 is 11.9. The van der Waals surface area contributed by atoms with E-state index in [1.54, 1.807) is 14.2 Å². The molecule has 0 saturated heterocycles. The molecular formula is C22H19N3O4S. The zero-order valence-electron chi connectivity index (χ0n) is 16.4. The van der Waals surface area contributed by atoms with Gasteiger partial charge in [0.15, 0.2) is 4.96 Å². The summed E-state index contributed by atoms with van der Waals surface area (Å²) in [7, 11) is 3.18. The fourth-order valence-corrected chi connectivity index (χ4v) is 3.91. The molecule has 0 spiro atoms. The number of amides is 1. The maximum absolute atomic E-state index is 13.1. The first-order valence-corrected chi connectivity index (χ1v) is 10.0. The van der Waals surface area contributed by atoms with E-state index in [1.807, 2.05) is 53.9 Å². The molecule has 0 aliphatic carbocycles. The van der Waals surface area contributed by atoms with E-state index >= 15 is 0 Å². The Bertz CT molecular complexity index is 1260. The molecule has 4 rings (SSSR count). The average molecular weight is 421 g/mol. The summed E-state index contributed by atoms with van der Waals surface area (Å²) in [5, 5.41) is 4.62. The van der Waals surface area contributed by atoms with E-state index in [-0.39, 0.29) is 12.1 Å². The molecule has 0 atom stereocenters. The van der Waals surface area contributed by atoms with Gasteiger partial charge in [-0.15, -0.1) is 11.3 Å². The Labute approximate surface area is 176 Å². The smallest absolute Gasteiger partial charge is 0.271 e. The van der Waals surface area contributed by atoms with Crippen LogP contribution in [0.15, 0.2) is 64.9 Å². The van der Waals surface area contributed by atoms with Gasteiger partial charge in [0.25, 0.3) is 11.5 Å². The third-order valence-electron chi connectivity index (χ3n) is 4.67. The Balaban J connectivity index is 1.63. The molecule has 8 heteroatoms. The van der Waals surface area contributed by atoms with Gasteiger partial charge in [0.2, 0.25) is 0 Å². The van der Waals surface area contributed by atoms with E-state index in [2.05, 4.69) is 10.3 Å². The van der Waals surface area contributed by atoms with Crippen LogP contribution in [-0.4, -0.2) is 29.5 Å². The topological polar surface area (TPSA) is 81.9 Å². The third kappa shape index (κ3) is 3.77. The summed E-state index contributed by atoms with van der Waals surface area (Å²) in [5.74, 6) is 0.947. The summed E-state index contributed by atoms with van der Waals surface area (Å²) >= 11 is 1.34. The number of methoxy groups -OCH3 is 2. The normalized spacial score (nSPS) is 10.7. The van der Waals surface area contributed by atoms with Gasteiger partial charge >= 0.3 is 0 Å². The minimum atomic E-state index is -0.472. The summed E-state index contributed by atoms with van der Waals surface area (Å²) in [4.78, 5) is 30.6. The number of nitrogens with zero attached hydrogens (tertiary/aromatic N) is 2. The van der Waals surface area contributed by atoms with Crippen LogP contribution in [0.5, 0.6) is 11.5 Å². The Morgan fingerprint density at radius 3 is 2.60 bits per heavy atom. The number of benzene rings is 2. The molecule has 0 aliphatic rings. The quantitative estimate of drug-likeness (QED) is 0.516. The van der Waals surface area contributed by atoms with Gasteiger partial charge in [-0.3, -0.25) is 14.0 Å². The van der Waals surface area contributed by atoms with Crippen molar-refractivity contribution in [1.82, 2.24) is 14.7 Å². The predicted octanol–water partition coefficient (Wildman–Crippen LogP) is 3.37. The molecule has 0 bridgehead atoms. The monoisotopic (exact) mass is 421 g/mol. The molecule has 0 radical (unpaired) electrons. The van der Waals surface area contributed by atoms with Gasteiger partial charge in [-0.2, -0.15) is 0 Å². The minimum Gasteiger partial charge on any atom is -0.497 e. The van der Waals surface area contributed by atoms with Gasteiger partial charge in [-0.05, 0) is 29.8 Å². The van der Waals surface area contributed by atoms with E-state index in [1.165, 1.54) is 21.9 Å². The highest BCUT2D eigenvalue weighted by Gasteiger charge is 2.17. The lowest BCUT2D eigenvalue weighted by Gasteiger charge is -2.08. The lowest BCUT2D eigenvalue weighted by Crippen LogP contribution is -2.31. The first-order valence-electron chi connectivity index (χ1n) is 9.15. The van der Waals surface area contributed by atoms with Crippen molar-refractivity contribution in [3.8, 4) is 22.8 Å². The molecule has 152 valence electrons. The molecule has 30 heavy (non-hydrogen) atoms. The molecule has 7 nitrogen and oxygen atoms in total. The fourth-order valence-electron chi connectivity index (χ4n) is 3.05. The molecule has 0 unspecified atom stereocenters. The second kappa shape index (κ2) is 8.38. The highest BCUT2D eigenvalue weighted by molar-refractivity contribution is 7.15. The fraction of sp³-hybridized carbons (Fsp3) is 0.136. The van der Waals surface area contributed by atoms with E-state index in [4.69, 9.17) is 9.47 Å². The maximum atomic E-state index is 13.1. The van der Waals surface area contributed by atoms with Crippen LogP contribution in [0.2, 0.25) is 0 Å². The summed E-state index contributed by atoms with van der Waals surface area (Å²) in [6.45, 7) is 0.289. The largest absolute Gasteiger partial charge is 0.497 e. The third-order valence-corrected chi connectivity index (χ3v) is 5.51. The number of aromatic nitrogens is 2. The average Bonchev–Trinajstić information content (AvgIpc) is 3.23. The molecule has 1 N–H and O–H groups in total. The Morgan fingerprint density at radius 1 is 1.10 bits per heavy atom. The number of rotatable bonds is 6. The van der Waals surface area contributed by atoms with Crippen molar-refractivity contribution in [2.45, 2.75) is 6.54 Å². The second-order valence-corrected chi connectivity index (χ2v) is 7.32. The van der Waals surface area contributed by atoms with Gasteiger partial charge < -0.3 is 14.8 Å². The van der Waals surface area contributed by atoms with E-state index in [0.29, 0.717) is 16.4 Å². The van der Waals surface area contributed by atoms with Crippen LogP contribution in [0.25, 0.3) is 16.2 Å². The van der Waals surface area contributed by atoms with Crippen LogP contribution in [0.3, 0.4) is 0 Å². The molecule has 2 aromatic carbocycles. The number of fused-ring (bicyclic) bond motifs is 1. The maximum Gasteiger partial charge on any atom is 0.271 e. The Kier molecular flexibility index (Phi) is 5.49. The molecule has 0 saturated carbocycles. The highest BCUT2D eigenvalue weighted by atomic mass is 32.1. The zero-order chi connectivity index (χ0) is 21.1. The van der Waals surface area contributed by atoms with E-state index < -0.39 is 11.5 Å². The summed E-state index contributed by atoms with van der Waals surface area (Å²) in [6, 6.07) is 14.7. The SMILES string of the molecule is COc1ccc(CNC(=O)c2cnc3scc(-c4cccc(OC)c4)n3c2=O)cc1. The van der Waals surface area contributed by atoms with Gasteiger partial charge in [0.05, 0.1) is 19.9 Å². The number of thiazole rings is 1. The predicted molar refractivity (Wildman–Crippen MR) is 115 cm³/mol. The van der Waals surface area contributed by atoms with Gasteiger partial charge in [0, 0.05) is 23.7 Å². The number of hydrogen-bond donors (Lipinski definition) is 1. The molecule has 4 aromatic rings. The lowest BCUT2D eigenvalue weighted by molar-refractivity contribution is 0.0949. The number of hydrogen-bond acceptors (Lipinski definition) is 6. The van der Waals surface area contributed by atoms with Crippen molar-refractivity contribution < 1.29 is 14.3 Å². The van der Waals surface area contributed by atoms with Crippen molar-refractivity contribution >= 4 is 22.2 Å². The van der Waals surface area contributed by atoms with Gasteiger partial charge in [-0.25, -0.2) is 4.98 Å².